The molecule has 0 amide bonds. The van der Waals surface area contributed by atoms with Crippen molar-refractivity contribution in [2.45, 2.75) is 26.1 Å². The van der Waals surface area contributed by atoms with Crippen molar-refractivity contribution in [2.75, 3.05) is 13.2 Å². The maximum Gasteiger partial charge on any atom is 0.339 e. The van der Waals surface area contributed by atoms with E-state index in [1.54, 1.807) is 13.0 Å². The lowest BCUT2D eigenvalue weighted by molar-refractivity contribution is -0.383. The topological polar surface area (TPSA) is 65.0 Å². The molecule has 1 atom stereocenters. The van der Waals surface area contributed by atoms with Gasteiger partial charge in [0.1, 0.15) is 0 Å². The van der Waals surface area contributed by atoms with Gasteiger partial charge in [0.25, 0.3) is 0 Å². The first kappa shape index (κ1) is 11.2. The zero-order valence-corrected chi connectivity index (χ0v) is 8.28. The first-order chi connectivity index (χ1) is 6.64. The molecule has 0 bridgehead atoms. The van der Waals surface area contributed by atoms with Crippen molar-refractivity contribution < 1.29 is 24.4 Å². The molecule has 0 aromatic heterocycles. The second-order valence-electron chi connectivity index (χ2n) is 3.01. The third-order valence-electron chi connectivity index (χ3n) is 2.00. The van der Waals surface area contributed by atoms with Crippen LogP contribution < -0.4 is 0 Å². The molecular weight excluding hydrogens is 188 g/mol. The van der Waals surface area contributed by atoms with E-state index in [1.165, 1.54) is 6.92 Å². The third kappa shape index (κ3) is 2.12. The van der Waals surface area contributed by atoms with Crippen LogP contribution in [0.15, 0.2) is 11.6 Å². The molecule has 0 spiro atoms. The van der Waals surface area contributed by atoms with Crippen LogP contribution in [-0.2, 0) is 19.2 Å². The second-order valence-corrected chi connectivity index (χ2v) is 3.01. The first-order valence-electron chi connectivity index (χ1n) is 4.48. The van der Waals surface area contributed by atoms with E-state index in [2.05, 4.69) is 4.89 Å². The van der Waals surface area contributed by atoms with Crippen molar-refractivity contribution >= 4 is 5.97 Å². The molecule has 1 N–H and O–H groups in total. The number of rotatable bonds is 3. The van der Waals surface area contributed by atoms with E-state index in [4.69, 9.17) is 14.7 Å². The minimum absolute atomic E-state index is 0.202. The summed E-state index contributed by atoms with van der Waals surface area (Å²) in [7, 11) is 0. The fraction of sp³-hybridized carbons (Fsp3) is 0.667. The number of hydrogen-bond donors (Lipinski definition) is 1. The van der Waals surface area contributed by atoms with E-state index < -0.39 is 11.8 Å². The predicted molar refractivity (Wildman–Crippen MR) is 47.4 cm³/mol. The fourth-order valence-electron chi connectivity index (χ4n) is 1.27. The van der Waals surface area contributed by atoms with E-state index in [-0.39, 0.29) is 12.2 Å². The number of esters is 1. The monoisotopic (exact) mass is 202 g/mol. The lowest BCUT2D eigenvalue weighted by Crippen LogP contribution is -2.40. The zero-order valence-electron chi connectivity index (χ0n) is 8.28. The van der Waals surface area contributed by atoms with E-state index in [9.17, 15) is 4.79 Å². The SMILES string of the molecule is CCOC(=O)C1=CCCOC1(C)OO. The van der Waals surface area contributed by atoms with Crippen molar-refractivity contribution in [2.24, 2.45) is 0 Å². The summed E-state index contributed by atoms with van der Waals surface area (Å²) in [6.45, 7) is 3.85. The van der Waals surface area contributed by atoms with Crippen molar-refractivity contribution in [3.8, 4) is 0 Å². The Labute approximate surface area is 82.2 Å². The van der Waals surface area contributed by atoms with Crippen molar-refractivity contribution in [3.05, 3.63) is 11.6 Å². The molecule has 80 valence electrons. The molecule has 0 saturated carbocycles. The summed E-state index contributed by atoms with van der Waals surface area (Å²) in [5.74, 6) is -1.92. The minimum Gasteiger partial charge on any atom is -0.462 e. The second kappa shape index (κ2) is 4.54. The summed E-state index contributed by atoms with van der Waals surface area (Å²) in [6.07, 6.45) is 2.25. The Morgan fingerprint density at radius 3 is 3.07 bits per heavy atom. The van der Waals surface area contributed by atoms with Gasteiger partial charge in [0.05, 0.1) is 18.8 Å². The van der Waals surface area contributed by atoms with Gasteiger partial charge in [0.15, 0.2) is 0 Å². The Morgan fingerprint density at radius 1 is 1.79 bits per heavy atom. The Balaban J connectivity index is 2.82. The highest BCUT2D eigenvalue weighted by molar-refractivity contribution is 5.90. The molecule has 14 heavy (non-hydrogen) atoms. The van der Waals surface area contributed by atoms with E-state index in [1.807, 2.05) is 0 Å². The predicted octanol–water partition coefficient (Wildman–Crippen LogP) is 1.10. The lowest BCUT2D eigenvalue weighted by atomic mass is 10.0. The largest absolute Gasteiger partial charge is 0.462 e. The molecule has 0 aliphatic carbocycles. The van der Waals surface area contributed by atoms with E-state index >= 15 is 0 Å². The molecular formula is C9H14O5. The van der Waals surface area contributed by atoms with Crippen LogP contribution in [0.1, 0.15) is 20.3 Å². The highest BCUT2D eigenvalue weighted by Gasteiger charge is 2.39. The normalized spacial score (nSPS) is 26.9. The van der Waals surface area contributed by atoms with Gasteiger partial charge in [0, 0.05) is 0 Å². The quantitative estimate of drug-likeness (QED) is 0.422. The van der Waals surface area contributed by atoms with Crippen LogP contribution in [0.2, 0.25) is 0 Å². The summed E-state index contributed by atoms with van der Waals surface area (Å²) in [6, 6.07) is 0. The highest BCUT2D eigenvalue weighted by Crippen LogP contribution is 2.27. The van der Waals surface area contributed by atoms with Gasteiger partial charge in [0.2, 0.25) is 5.79 Å². The average Bonchev–Trinajstić information content (AvgIpc) is 2.19. The minimum atomic E-state index is -1.40. The number of carbonyl (C=O) groups is 1. The molecule has 0 radical (unpaired) electrons. The summed E-state index contributed by atoms with van der Waals surface area (Å²) in [5, 5.41) is 8.66. The molecule has 1 aliphatic heterocycles. The van der Waals surface area contributed by atoms with E-state index in [0.29, 0.717) is 13.0 Å². The number of hydrogen-bond acceptors (Lipinski definition) is 5. The van der Waals surface area contributed by atoms with Gasteiger partial charge in [-0.25, -0.2) is 10.1 Å². The summed E-state index contributed by atoms with van der Waals surface area (Å²) in [4.78, 5) is 15.6. The molecule has 0 fully saturated rings. The van der Waals surface area contributed by atoms with E-state index in [0.717, 1.165) is 0 Å². The van der Waals surface area contributed by atoms with Crippen molar-refractivity contribution in [3.63, 3.8) is 0 Å². The van der Waals surface area contributed by atoms with Gasteiger partial charge in [-0.3, -0.25) is 0 Å². The molecule has 0 aromatic rings. The number of carbonyl (C=O) groups excluding carboxylic acids is 1. The van der Waals surface area contributed by atoms with Crippen LogP contribution >= 0.6 is 0 Å². The van der Waals surface area contributed by atoms with Crippen molar-refractivity contribution in [1.82, 2.24) is 0 Å². The molecule has 0 saturated heterocycles. The molecule has 5 heteroatoms. The van der Waals surface area contributed by atoms with Gasteiger partial charge in [-0.05, 0) is 20.3 Å². The zero-order chi connectivity index (χ0) is 10.6. The highest BCUT2D eigenvalue weighted by atomic mass is 17.1. The number of ether oxygens (including phenoxy) is 2. The lowest BCUT2D eigenvalue weighted by Gasteiger charge is -2.30. The van der Waals surface area contributed by atoms with Crippen LogP contribution in [0.3, 0.4) is 0 Å². The molecule has 1 unspecified atom stereocenters. The standard InChI is InChI=1S/C9H14O5/c1-3-12-8(10)7-5-4-6-13-9(7,2)14-11/h5,11H,3-4,6H2,1-2H3. The molecule has 1 aliphatic rings. The Kier molecular flexibility index (Phi) is 3.62. The maximum atomic E-state index is 11.4. The maximum absolute atomic E-state index is 11.4. The van der Waals surface area contributed by atoms with Gasteiger partial charge in [-0.15, -0.1) is 0 Å². The van der Waals surface area contributed by atoms with Crippen LogP contribution in [-0.4, -0.2) is 30.2 Å². The molecule has 1 heterocycles. The molecule has 1 rings (SSSR count). The first-order valence-corrected chi connectivity index (χ1v) is 4.48. The molecule has 0 aromatic carbocycles. The smallest absolute Gasteiger partial charge is 0.339 e. The van der Waals surface area contributed by atoms with Gasteiger partial charge in [-0.2, -0.15) is 4.89 Å². The van der Waals surface area contributed by atoms with Gasteiger partial charge >= 0.3 is 5.97 Å². The Bertz CT molecular complexity index is 248. The van der Waals surface area contributed by atoms with Crippen LogP contribution in [0.5, 0.6) is 0 Å². The third-order valence-corrected chi connectivity index (χ3v) is 2.00. The average molecular weight is 202 g/mol. The van der Waals surface area contributed by atoms with Gasteiger partial charge < -0.3 is 9.47 Å². The summed E-state index contributed by atoms with van der Waals surface area (Å²) >= 11 is 0. The van der Waals surface area contributed by atoms with Gasteiger partial charge in [-0.1, -0.05) is 6.08 Å². The molecule has 5 nitrogen and oxygen atoms in total. The Morgan fingerprint density at radius 2 is 2.50 bits per heavy atom. The summed E-state index contributed by atoms with van der Waals surface area (Å²) < 4.78 is 9.95. The van der Waals surface area contributed by atoms with Crippen molar-refractivity contribution in [1.29, 1.82) is 0 Å². The fourth-order valence-corrected chi connectivity index (χ4v) is 1.27. The Hall–Kier alpha value is -0.910. The summed E-state index contributed by atoms with van der Waals surface area (Å²) in [5.41, 5.74) is 0.202. The van der Waals surface area contributed by atoms with Crippen LogP contribution in [0, 0.1) is 0 Å². The van der Waals surface area contributed by atoms with Crippen LogP contribution in [0.25, 0.3) is 0 Å². The van der Waals surface area contributed by atoms with Crippen LogP contribution in [0.4, 0.5) is 0 Å².